The Morgan fingerprint density at radius 1 is 1.30 bits per heavy atom. The van der Waals surface area contributed by atoms with Crippen molar-refractivity contribution in [2.24, 2.45) is 7.05 Å². The van der Waals surface area contributed by atoms with Crippen LogP contribution in [0.2, 0.25) is 0 Å². The first-order chi connectivity index (χ1) is 11.1. The minimum atomic E-state index is -0.299. The van der Waals surface area contributed by atoms with Gasteiger partial charge in [0.15, 0.2) is 5.65 Å². The number of nitrogens with one attached hydrogen (secondary N) is 1. The highest BCUT2D eigenvalue weighted by atomic mass is 16.6. The third-order valence-electron chi connectivity index (χ3n) is 3.59. The van der Waals surface area contributed by atoms with E-state index < -0.39 is 0 Å². The molecule has 1 amide bonds. The molecule has 118 valence electrons. The van der Waals surface area contributed by atoms with Crippen LogP contribution >= 0.6 is 0 Å². The van der Waals surface area contributed by atoms with Gasteiger partial charge in [-0.3, -0.25) is 14.3 Å². The third kappa shape index (κ3) is 2.80. The van der Waals surface area contributed by atoms with Gasteiger partial charge in [0.1, 0.15) is 0 Å². The Hall–Kier alpha value is -2.73. The van der Waals surface area contributed by atoms with Crippen molar-refractivity contribution in [3.63, 3.8) is 0 Å². The number of carbonyl (C=O) groups is 1. The molecule has 0 radical (unpaired) electrons. The number of aromatic nitrogens is 3. The van der Waals surface area contributed by atoms with Crippen molar-refractivity contribution >= 4 is 16.9 Å². The van der Waals surface area contributed by atoms with Gasteiger partial charge in [-0.05, 0) is 19.9 Å². The number of rotatable bonds is 4. The van der Waals surface area contributed by atoms with E-state index in [-0.39, 0.29) is 5.91 Å². The molecule has 1 N–H and O–H groups in total. The van der Waals surface area contributed by atoms with Gasteiger partial charge in [0.05, 0.1) is 28.9 Å². The van der Waals surface area contributed by atoms with E-state index in [9.17, 15) is 4.79 Å². The molecule has 0 unspecified atom stereocenters. The molecule has 0 bridgehead atoms. The highest BCUT2D eigenvalue weighted by Crippen LogP contribution is 2.26. The van der Waals surface area contributed by atoms with Gasteiger partial charge in [-0.15, -0.1) is 0 Å². The molecule has 0 aliphatic rings. The van der Waals surface area contributed by atoms with E-state index >= 15 is 0 Å². The van der Waals surface area contributed by atoms with E-state index in [0.29, 0.717) is 17.8 Å². The smallest absolute Gasteiger partial charge is 0.274 e. The summed E-state index contributed by atoms with van der Waals surface area (Å²) in [7, 11) is 1.82. The predicted molar refractivity (Wildman–Crippen MR) is 87.8 cm³/mol. The number of pyridine rings is 1. The van der Waals surface area contributed by atoms with Crippen LogP contribution in [0.25, 0.3) is 22.3 Å². The third-order valence-corrected chi connectivity index (χ3v) is 3.59. The molecule has 0 spiro atoms. The van der Waals surface area contributed by atoms with Gasteiger partial charge in [0.2, 0.25) is 0 Å². The zero-order valence-electron chi connectivity index (χ0n) is 13.3. The van der Waals surface area contributed by atoms with Gasteiger partial charge in [0.25, 0.3) is 5.91 Å². The molecular formula is C17H18N4O2. The van der Waals surface area contributed by atoms with Gasteiger partial charge < -0.3 is 0 Å². The van der Waals surface area contributed by atoms with Gasteiger partial charge in [-0.2, -0.15) is 5.10 Å². The first-order valence-electron chi connectivity index (χ1n) is 7.43. The first kappa shape index (κ1) is 15.2. The average Bonchev–Trinajstić information content (AvgIpc) is 2.87. The molecule has 6 nitrogen and oxygen atoms in total. The van der Waals surface area contributed by atoms with Crippen LogP contribution < -0.4 is 5.48 Å². The monoisotopic (exact) mass is 310 g/mol. The van der Waals surface area contributed by atoms with Crippen molar-refractivity contribution in [1.29, 1.82) is 0 Å². The summed E-state index contributed by atoms with van der Waals surface area (Å²) in [6, 6.07) is 11.5. The maximum absolute atomic E-state index is 12.5. The summed E-state index contributed by atoms with van der Waals surface area (Å²) >= 11 is 0. The van der Waals surface area contributed by atoms with Crippen LogP contribution in [0.3, 0.4) is 0 Å². The minimum Gasteiger partial charge on any atom is -0.274 e. The molecular weight excluding hydrogens is 292 g/mol. The predicted octanol–water partition coefficient (Wildman–Crippen LogP) is 2.63. The number of amides is 1. The summed E-state index contributed by atoms with van der Waals surface area (Å²) < 4.78 is 1.69. The first-order valence-corrected chi connectivity index (χ1v) is 7.43. The quantitative estimate of drug-likeness (QED) is 0.752. The number of hydrogen-bond acceptors (Lipinski definition) is 4. The lowest BCUT2D eigenvalue weighted by Crippen LogP contribution is -2.24. The Morgan fingerprint density at radius 2 is 2.04 bits per heavy atom. The molecule has 0 saturated heterocycles. The molecule has 0 atom stereocenters. The van der Waals surface area contributed by atoms with Crippen molar-refractivity contribution in [2.45, 2.75) is 13.8 Å². The lowest BCUT2D eigenvalue weighted by Gasteiger charge is -2.08. The van der Waals surface area contributed by atoms with Crippen molar-refractivity contribution in [3.8, 4) is 11.3 Å². The van der Waals surface area contributed by atoms with Crippen molar-refractivity contribution in [1.82, 2.24) is 20.2 Å². The second kappa shape index (κ2) is 6.18. The standard InChI is InChI=1S/C17H18N4O2/c1-4-23-20-17(22)13-10-14(12-8-6-5-7-9-12)18-16-15(13)11(2)19-21(16)3/h5-10H,4H2,1-3H3,(H,20,22). The van der Waals surface area contributed by atoms with E-state index in [1.165, 1.54) is 0 Å². The van der Waals surface area contributed by atoms with E-state index in [1.807, 2.05) is 51.2 Å². The number of hydroxylamine groups is 1. The lowest BCUT2D eigenvalue weighted by molar-refractivity contribution is 0.0366. The van der Waals surface area contributed by atoms with Gasteiger partial charge in [-0.1, -0.05) is 30.3 Å². The number of carbonyl (C=O) groups excluding carboxylic acids is 1. The second-order valence-electron chi connectivity index (χ2n) is 5.19. The minimum absolute atomic E-state index is 0.299. The molecule has 1 aromatic carbocycles. The van der Waals surface area contributed by atoms with Gasteiger partial charge in [0, 0.05) is 12.6 Å². The Kier molecular flexibility index (Phi) is 4.08. The highest BCUT2D eigenvalue weighted by Gasteiger charge is 2.19. The summed E-state index contributed by atoms with van der Waals surface area (Å²) in [6.07, 6.45) is 0. The van der Waals surface area contributed by atoms with Crippen LogP contribution in [-0.4, -0.2) is 27.3 Å². The van der Waals surface area contributed by atoms with Crippen LogP contribution in [0.15, 0.2) is 36.4 Å². The SMILES string of the molecule is CCONC(=O)c1cc(-c2ccccc2)nc2c1c(C)nn2C. The molecule has 23 heavy (non-hydrogen) atoms. The molecule has 6 heteroatoms. The number of nitrogens with zero attached hydrogens (tertiary/aromatic N) is 3. The summed E-state index contributed by atoms with van der Waals surface area (Å²) in [5.41, 5.74) is 6.06. The van der Waals surface area contributed by atoms with Crippen LogP contribution in [-0.2, 0) is 11.9 Å². The van der Waals surface area contributed by atoms with Crippen molar-refractivity contribution < 1.29 is 9.63 Å². The van der Waals surface area contributed by atoms with E-state index in [0.717, 1.165) is 22.3 Å². The van der Waals surface area contributed by atoms with E-state index in [4.69, 9.17) is 4.84 Å². The fraction of sp³-hybridized carbons (Fsp3) is 0.235. The fourth-order valence-electron chi connectivity index (χ4n) is 2.57. The average molecular weight is 310 g/mol. The van der Waals surface area contributed by atoms with Gasteiger partial charge >= 0.3 is 0 Å². The molecule has 3 aromatic rings. The molecule has 0 aliphatic heterocycles. The second-order valence-corrected chi connectivity index (χ2v) is 5.19. The Balaban J connectivity index is 2.21. The molecule has 3 rings (SSSR count). The van der Waals surface area contributed by atoms with Gasteiger partial charge in [-0.25, -0.2) is 10.5 Å². The number of hydrogen-bond donors (Lipinski definition) is 1. The largest absolute Gasteiger partial charge is 0.275 e. The molecule has 2 aromatic heterocycles. The fourth-order valence-corrected chi connectivity index (χ4v) is 2.57. The molecule has 0 aliphatic carbocycles. The number of benzene rings is 1. The van der Waals surface area contributed by atoms with Crippen LogP contribution in [0.4, 0.5) is 0 Å². The molecule has 0 fully saturated rings. The van der Waals surface area contributed by atoms with Crippen LogP contribution in [0, 0.1) is 6.92 Å². The highest BCUT2D eigenvalue weighted by molar-refractivity contribution is 6.07. The zero-order chi connectivity index (χ0) is 16.4. The number of aryl methyl sites for hydroxylation is 2. The maximum Gasteiger partial charge on any atom is 0.275 e. The molecule has 2 heterocycles. The van der Waals surface area contributed by atoms with Crippen molar-refractivity contribution in [2.75, 3.05) is 6.61 Å². The van der Waals surface area contributed by atoms with E-state index in [1.54, 1.807) is 10.7 Å². The van der Waals surface area contributed by atoms with Crippen molar-refractivity contribution in [3.05, 3.63) is 47.7 Å². The summed E-state index contributed by atoms with van der Waals surface area (Å²) in [6.45, 7) is 4.08. The topological polar surface area (TPSA) is 69.0 Å². The summed E-state index contributed by atoms with van der Waals surface area (Å²) in [4.78, 5) is 22.2. The van der Waals surface area contributed by atoms with E-state index in [2.05, 4.69) is 15.6 Å². The lowest BCUT2D eigenvalue weighted by atomic mass is 10.1. The maximum atomic E-state index is 12.5. The Labute approximate surface area is 134 Å². The van der Waals surface area contributed by atoms with Crippen LogP contribution in [0.1, 0.15) is 23.0 Å². The number of fused-ring (bicyclic) bond motifs is 1. The Morgan fingerprint density at radius 3 is 2.74 bits per heavy atom. The zero-order valence-corrected chi connectivity index (χ0v) is 13.3. The molecule has 0 saturated carbocycles. The summed E-state index contributed by atoms with van der Waals surface area (Å²) in [5.74, 6) is -0.299. The Bertz CT molecular complexity index is 856. The van der Waals surface area contributed by atoms with Crippen LogP contribution in [0.5, 0.6) is 0 Å². The summed E-state index contributed by atoms with van der Waals surface area (Å²) in [5, 5.41) is 5.12. The normalized spacial score (nSPS) is 10.9.